The maximum Gasteiger partial charge on any atom is 0.306 e. The Morgan fingerprint density at radius 2 is 1.79 bits per heavy atom. The fourth-order valence-corrected chi connectivity index (χ4v) is 4.90. The molecular weight excluding hydrogens is 415 g/mol. The zero-order chi connectivity index (χ0) is 23.8. The van der Waals surface area contributed by atoms with Gasteiger partial charge in [0.05, 0.1) is 6.42 Å². The molecule has 176 valence electrons. The molecule has 2 aromatic carbocycles. The lowest BCUT2D eigenvalue weighted by atomic mass is 9.95. The Balaban J connectivity index is 1.76. The molecule has 3 aromatic rings. The maximum atomic E-state index is 13.7. The molecule has 0 N–H and O–H groups in total. The molecule has 4 nitrogen and oxygen atoms in total. The summed E-state index contributed by atoms with van der Waals surface area (Å²) in [5.74, 6) is -0.606. The highest BCUT2D eigenvalue weighted by Gasteiger charge is 2.26. The minimum atomic E-state index is -0.538. The number of nitrogens with zero attached hydrogens (tertiary/aromatic N) is 2. The fourth-order valence-electron chi connectivity index (χ4n) is 4.90. The predicted octanol–water partition coefficient (Wildman–Crippen LogP) is 5.63. The second kappa shape index (κ2) is 9.30. The van der Waals surface area contributed by atoms with Crippen LogP contribution in [0.2, 0.25) is 0 Å². The lowest BCUT2D eigenvalue weighted by Crippen LogP contribution is -2.26. The van der Waals surface area contributed by atoms with E-state index in [0.717, 1.165) is 31.5 Å². The summed E-state index contributed by atoms with van der Waals surface area (Å²) in [6.07, 6.45) is 2.25. The van der Waals surface area contributed by atoms with Crippen LogP contribution in [0, 0.1) is 12.7 Å². The van der Waals surface area contributed by atoms with Crippen LogP contribution in [0.4, 0.5) is 4.39 Å². The largest absolute Gasteiger partial charge is 0.460 e. The predicted molar refractivity (Wildman–Crippen MR) is 131 cm³/mol. The van der Waals surface area contributed by atoms with Gasteiger partial charge in [-0.2, -0.15) is 0 Å². The van der Waals surface area contributed by atoms with Gasteiger partial charge in [-0.1, -0.05) is 23.8 Å². The third kappa shape index (κ3) is 5.47. The van der Waals surface area contributed by atoms with Gasteiger partial charge in [0.1, 0.15) is 11.4 Å². The standard InChI is InChI=1S/C28H35FN2O2/c1-19-6-11-25-24(16-19)23-12-14-30(5)15-13-26(23)31(25)18-21(17-27(32)33-28(2,3)4)20-7-9-22(29)10-8-20/h6-11,16,21H,12-15,17-18H2,1-5H3. The van der Waals surface area contributed by atoms with Gasteiger partial charge in [0.2, 0.25) is 0 Å². The number of aromatic nitrogens is 1. The van der Waals surface area contributed by atoms with Crippen molar-refractivity contribution in [2.45, 2.75) is 65.0 Å². The number of hydrogen-bond donors (Lipinski definition) is 0. The van der Waals surface area contributed by atoms with Crippen LogP contribution >= 0.6 is 0 Å². The molecule has 1 atom stereocenters. The van der Waals surface area contributed by atoms with E-state index in [9.17, 15) is 9.18 Å². The van der Waals surface area contributed by atoms with E-state index in [1.165, 1.54) is 39.9 Å². The van der Waals surface area contributed by atoms with Crippen molar-refractivity contribution >= 4 is 16.9 Å². The number of aryl methyl sites for hydroxylation is 1. The number of ether oxygens (including phenoxy) is 1. The van der Waals surface area contributed by atoms with Gasteiger partial charge in [-0.3, -0.25) is 4.79 Å². The molecule has 1 aliphatic heterocycles. The normalized spacial score (nSPS) is 15.8. The quantitative estimate of drug-likeness (QED) is 0.472. The van der Waals surface area contributed by atoms with Crippen molar-refractivity contribution in [3.8, 4) is 0 Å². The molecule has 33 heavy (non-hydrogen) atoms. The Morgan fingerprint density at radius 3 is 2.48 bits per heavy atom. The minimum Gasteiger partial charge on any atom is -0.460 e. The first kappa shape index (κ1) is 23.5. The van der Waals surface area contributed by atoms with E-state index in [2.05, 4.69) is 41.6 Å². The molecular formula is C28H35FN2O2. The summed E-state index contributed by atoms with van der Waals surface area (Å²) >= 11 is 0. The van der Waals surface area contributed by atoms with Crippen LogP contribution in [-0.2, 0) is 28.9 Å². The minimum absolute atomic E-state index is 0.109. The average Bonchev–Trinajstić information content (AvgIpc) is 2.86. The Labute approximate surface area is 196 Å². The maximum absolute atomic E-state index is 13.7. The molecule has 0 amide bonds. The van der Waals surface area contributed by atoms with Gasteiger partial charge >= 0.3 is 5.97 Å². The highest BCUT2D eigenvalue weighted by Crippen LogP contribution is 2.33. The highest BCUT2D eigenvalue weighted by atomic mass is 19.1. The summed E-state index contributed by atoms with van der Waals surface area (Å²) in [7, 11) is 2.17. The van der Waals surface area contributed by atoms with Gasteiger partial charge in [0.25, 0.3) is 0 Å². The van der Waals surface area contributed by atoms with Crippen molar-refractivity contribution in [1.29, 1.82) is 0 Å². The molecule has 0 bridgehead atoms. The first-order chi connectivity index (χ1) is 15.6. The number of halogens is 1. The summed E-state index contributed by atoms with van der Waals surface area (Å²) in [4.78, 5) is 15.2. The Kier molecular flexibility index (Phi) is 6.62. The molecule has 0 saturated carbocycles. The van der Waals surface area contributed by atoms with Crippen molar-refractivity contribution < 1.29 is 13.9 Å². The van der Waals surface area contributed by atoms with Crippen molar-refractivity contribution in [2.75, 3.05) is 20.1 Å². The molecule has 0 spiro atoms. The molecule has 4 rings (SSSR count). The fraction of sp³-hybridized carbons (Fsp3) is 0.464. The SMILES string of the molecule is Cc1ccc2c(c1)c1c(n2CC(CC(=O)OC(C)(C)C)c2ccc(F)cc2)CCN(C)CC1. The van der Waals surface area contributed by atoms with Crippen LogP contribution in [0.5, 0.6) is 0 Å². The van der Waals surface area contributed by atoms with E-state index in [-0.39, 0.29) is 24.1 Å². The summed E-state index contributed by atoms with van der Waals surface area (Å²) < 4.78 is 21.7. The summed E-state index contributed by atoms with van der Waals surface area (Å²) in [5, 5.41) is 1.32. The van der Waals surface area contributed by atoms with Gasteiger partial charge in [-0.25, -0.2) is 4.39 Å². The van der Waals surface area contributed by atoms with Gasteiger partial charge in [-0.05, 0) is 76.6 Å². The molecule has 0 aliphatic carbocycles. The third-order valence-corrected chi connectivity index (χ3v) is 6.49. The lowest BCUT2D eigenvalue weighted by Gasteiger charge is -2.24. The second-order valence-corrected chi connectivity index (χ2v) is 10.4. The van der Waals surface area contributed by atoms with Crippen molar-refractivity contribution in [1.82, 2.24) is 9.47 Å². The topological polar surface area (TPSA) is 34.5 Å². The number of carbonyl (C=O) groups is 1. The van der Waals surface area contributed by atoms with Crippen LogP contribution in [0.25, 0.3) is 10.9 Å². The number of rotatable bonds is 5. The first-order valence-electron chi connectivity index (χ1n) is 11.9. The Hall–Kier alpha value is -2.66. The molecule has 1 aromatic heterocycles. The molecule has 5 heteroatoms. The van der Waals surface area contributed by atoms with Crippen molar-refractivity contribution in [2.24, 2.45) is 0 Å². The number of likely N-dealkylation sites (N-methyl/N-ethyl adjacent to an activating group) is 1. The first-order valence-corrected chi connectivity index (χ1v) is 11.9. The van der Waals surface area contributed by atoms with E-state index in [0.29, 0.717) is 6.54 Å². The molecule has 0 saturated heterocycles. The Morgan fingerprint density at radius 1 is 1.09 bits per heavy atom. The van der Waals surface area contributed by atoms with E-state index in [1.807, 2.05) is 20.8 Å². The number of carbonyl (C=O) groups excluding carboxylic acids is 1. The van der Waals surface area contributed by atoms with Gasteiger partial charge in [-0.15, -0.1) is 0 Å². The summed E-state index contributed by atoms with van der Waals surface area (Å²) in [6.45, 7) is 10.5. The van der Waals surface area contributed by atoms with Crippen LogP contribution in [0.3, 0.4) is 0 Å². The van der Waals surface area contributed by atoms with Crippen LogP contribution < -0.4 is 0 Å². The highest BCUT2D eigenvalue weighted by molar-refractivity contribution is 5.86. The molecule has 1 aliphatic rings. The van der Waals surface area contributed by atoms with Crippen molar-refractivity contribution in [3.05, 3.63) is 70.7 Å². The molecule has 2 heterocycles. The van der Waals surface area contributed by atoms with E-state index >= 15 is 0 Å². The number of fused-ring (bicyclic) bond motifs is 3. The van der Waals surface area contributed by atoms with Crippen LogP contribution in [-0.4, -0.2) is 41.2 Å². The number of benzene rings is 2. The smallest absolute Gasteiger partial charge is 0.306 e. The van der Waals surface area contributed by atoms with Crippen molar-refractivity contribution in [3.63, 3.8) is 0 Å². The number of esters is 1. The second-order valence-electron chi connectivity index (χ2n) is 10.4. The van der Waals surface area contributed by atoms with Gasteiger partial charge in [0, 0.05) is 48.6 Å². The van der Waals surface area contributed by atoms with Crippen LogP contribution in [0.15, 0.2) is 42.5 Å². The molecule has 0 fully saturated rings. The average molecular weight is 451 g/mol. The number of hydrogen-bond acceptors (Lipinski definition) is 3. The molecule has 1 unspecified atom stereocenters. The zero-order valence-electron chi connectivity index (χ0n) is 20.5. The summed E-state index contributed by atoms with van der Waals surface area (Å²) in [6, 6.07) is 13.2. The van der Waals surface area contributed by atoms with E-state index < -0.39 is 5.60 Å². The monoisotopic (exact) mass is 450 g/mol. The van der Waals surface area contributed by atoms with Gasteiger partial charge < -0.3 is 14.2 Å². The third-order valence-electron chi connectivity index (χ3n) is 6.49. The Bertz CT molecular complexity index is 1140. The van der Waals surface area contributed by atoms with Gasteiger partial charge in [0.15, 0.2) is 0 Å². The van der Waals surface area contributed by atoms with Crippen LogP contribution in [0.1, 0.15) is 55.5 Å². The summed E-state index contributed by atoms with van der Waals surface area (Å²) in [5.41, 5.74) is 5.67. The lowest BCUT2D eigenvalue weighted by molar-refractivity contribution is -0.155. The van der Waals surface area contributed by atoms with E-state index in [1.54, 1.807) is 12.1 Å². The molecule has 0 radical (unpaired) electrons. The van der Waals surface area contributed by atoms with E-state index in [4.69, 9.17) is 4.74 Å². The zero-order valence-corrected chi connectivity index (χ0v) is 20.5.